The van der Waals surface area contributed by atoms with E-state index in [9.17, 15) is 4.79 Å². The second-order valence-corrected chi connectivity index (χ2v) is 4.53. The summed E-state index contributed by atoms with van der Waals surface area (Å²) in [5.41, 5.74) is 1.96. The summed E-state index contributed by atoms with van der Waals surface area (Å²) in [5.74, 6) is 0.782. The summed E-state index contributed by atoms with van der Waals surface area (Å²) in [4.78, 5) is 15.9. The molecule has 0 unspecified atom stereocenters. The van der Waals surface area contributed by atoms with Crippen molar-refractivity contribution >= 4 is 6.03 Å². The van der Waals surface area contributed by atoms with E-state index in [0.29, 0.717) is 19.5 Å². The number of urea groups is 1. The number of nitrogens with one attached hydrogen (secondary N) is 2. The van der Waals surface area contributed by atoms with Crippen molar-refractivity contribution in [3.63, 3.8) is 0 Å². The minimum Gasteiger partial charge on any atom is -0.497 e. The normalized spacial score (nSPS) is 9.95. The third-order valence-corrected chi connectivity index (χ3v) is 2.98. The highest BCUT2D eigenvalue weighted by Crippen LogP contribution is 2.11. The van der Waals surface area contributed by atoms with Crippen LogP contribution < -0.4 is 15.4 Å². The smallest absolute Gasteiger partial charge is 0.315 e. The van der Waals surface area contributed by atoms with Crippen LogP contribution in [0.1, 0.15) is 11.3 Å². The maximum atomic E-state index is 11.7. The highest BCUT2D eigenvalue weighted by Gasteiger charge is 2.01. The molecule has 1 heterocycles. The zero-order valence-electron chi connectivity index (χ0n) is 12.0. The summed E-state index contributed by atoms with van der Waals surface area (Å²) >= 11 is 0. The van der Waals surface area contributed by atoms with E-state index in [0.717, 1.165) is 17.0 Å². The summed E-state index contributed by atoms with van der Waals surface area (Å²) in [7, 11) is 1.62. The van der Waals surface area contributed by atoms with Gasteiger partial charge in [0.25, 0.3) is 0 Å². The molecule has 5 heteroatoms. The van der Waals surface area contributed by atoms with Gasteiger partial charge in [-0.1, -0.05) is 18.2 Å². The van der Waals surface area contributed by atoms with Crippen molar-refractivity contribution in [3.05, 3.63) is 59.9 Å². The summed E-state index contributed by atoms with van der Waals surface area (Å²) in [6, 6.07) is 13.2. The number of benzene rings is 1. The first-order valence-corrected chi connectivity index (χ1v) is 6.82. The molecule has 110 valence electrons. The molecule has 0 aliphatic heterocycles. The molecule has 5 nitrogen and oxygen atoms in total. The van der Waals surface area contributed by atoms with Gasteiger partial charge >= 0.3 is 6.03 Å². The van der Waals surface area contributed by atoms with Gasteiger partial charge in [-0.05, 0) is 29.8 Å². The Bertz CT molecular complexity index is 573. The van der Waals surface area contributed by atoms with E-state index >= 15 is 0 Å². The standard InChI is InChI=1S/C16H19N3O2/c1-21-15-7-4-5-13(11-15)12-19-16(20)18-10-8-14-6-2-3-9-17-14/h2-7,9,11H,8,10,12H2,1H3,(H2,18,19,20). The van der Waals surface area contributed by atoms with Crippen LogP contribution in [0, 0.1) is 0 Å². The second-order valence-electron chi connectivity index (χ2n) is 4.53. The number of pyridine rings is 1. The Balaban J connectivity index is 1.70. The lowest BCUT2D eigenvalue weighted by Gasteiger charge is -2.08. The third-order valence-electron chi connectivity index (χ3n) is 2.98. The van der Waals surface area contributed by atoms with Crippen LogP contribution in [0.3, 0.4) is 0 Å². The van der Waals surface area contributed by atoms with Gasteiger partial charge in [0, 0.05) is 31.4 Å². The molecular formula is C16H19N3O2. The lowest BCUT2D eigenvalue weighted by atomic mass is 10.2. The van der Waals surface area contributed by atoms with Crippen LogP contribution in [0.4, 0.5) is 4.79 Å². The molecule has 2 aromatic rings. The largest absolute Gasteiger partial charge is 0.497 e. The third kappa shape index (κ3) is 5.14. The van der Waals surface area contributed by atoms with Gasteiger partial charge in [0.15, 0.2) is 0 Å². The van der Waals surface area contributed by atoms with Gasteiger partial charge < -0.3 is 15.4 Å². The van der Waals surface area contributed by atoms with E-state index in [1.165, 1.54) is 0 Å². The maximum absolute atomic E-state index is 11.7. The molecule has 21 heavy (non-hydrogen) atoms. The van der Waals surface area contributed by atoms with Gasteiger partial charge in [0.2, 0.25) is 0 Å². The van der Waals surface area contributed by atoms with E-state index in [-0.39, 0.29) is 6.03 Å². The van der Waals surface area contributed by atoms with Crippen molar-refractivity contribution in [2.24, 2.45) is 0 Å². The summed E-state index contributed by atoms with van der Waals surface area (Å²) in [5, 5.41) is 5.62. The molecule has 0 saturated carbocycles. The number of hydrogen-bond donors (Lipinski definition) is 2. The summed E-state index contributed by atoms with van der Waals surface area (Å²) in [6.45, 7) is 1.02. The minimum absolute atomic E-state index is 0.186. The summed E-state index contributed by atoms with van der Waals surface area (Å²) in [6.07, 6.45) is 2.46. The number of carbonyl (C=O) groups is 1. The lowest BCUT2D eigenvalue weighted by Crippen LogP contribution is -2.36. The first-order chi connectivity index (χ1) is 10.3. The summed E-state index contributed by atoms with van der Waals surface area (Å²) < 4.78 is 5.14. The van der Waals surface area contributed by atoms with Crippen molar-refractivity contribution in [1.29, 1.82) is 0 Å². The second kappa shape index (κ2) is 7.89. The quantitative estimate of drug-likeness (QED) is 0.854. The fourth-order valence-electron chi connectivity index (χ4n) is 1.88. The molecule has 0 spiro atoms. The van der Waals surface area contributed by atoms with Crippen LogP contribution >= 0.6 is 0 Å². The monoisotopic (exact) mass is 285 g/mol. The van der Waals surface area contributed by atoms with Crippen molar-refractivity contribution < 1.29 is 9.53 Å². The Morgan fingerprint density at radius 3 is 2.86 bits per heavy atom. The first kappa shape index (κ1) is 14.8. The molecule has 0 aliphatic rings. The maximum Gasteiger partial charge on any atom is 0.315 e. The average molecular weight is 285 g/mol. The average Bonchev–Trinajstić information content (AvgIpc) is 2.54. The number of rotatable bonds is 6. The number of aromatic nitrogens is 1. The molecule has 0 radical (unpaired) electrons. The molecule has 0 bridgehead atoms. The zero-order valence-corrected chi connectivity index (χ0v) is 12.0. The number of methoxy groups -OCH3 is 1. The van der Waals surface area contributed by atoms with E-state index < -0.39 is 0 Å². The fraction of sp³-hybridized carbons (Fsp3) is 0.250. The molecule has 2 rings (SSSR count). The van der Waals surface area contributed by atoms with Gasteiger partial charge in [-0.3, -0.25) is 4.98 Å². The molecular weight excluding hydrogens is 266 g/mol. The SMILES string of the molecule is COc1cccc(CNC(=O)NCCc2ccccn2)c1. The predicted molar refractivity (Wildman–Crippen MR) is 81.2 cm³/mol. The van der Waals surface area contributed by atoms with Crippen LogP contribution in [0.2, 0.25) is 0 Å². The van der Waals surface area contributed by atoms with Crippen LogP contribution in [0.15, 0.2) is 48.7 Å². The highest BCUT2D eigenvalue weighted by molar-refractivity contribution is 5.73. The van der Waals surface area contributed by atoms with E-state index in [2.05, 4.69) is 15.6 Å². The lowest BCUT2D eigenvalue weighted by molar-refractivity contribution is 0.240. The van der Waals surface area contributed by atoms with E-state index in [1.54, 1.807) is 13.3 Å². The Hall–Kier alpha value is -2.56. The van der Waals surface area contributed by atoms with Crippen LogP contribution in [-0.4, -0.2) is 24.7 Å². The Morgan fingerprint density at radius 2 is 2.10 bits per heavy atom. The van der Waals surface area contributed by atoms with Crippen LogP contribution in [0.25, 0.3) is 0 Å². The van der Waals surface area contributed by atoms with E-state index in [4.69, 9.17) is 4.74 Å². The van der Waals surface area contributed by atoms with Gasteiger partial charge in [-0.25, -0.2) is 4.79 Å². The van der Waals surface area contributed by atoms with Gasteiger partial charge in [0.05, 0.1) is 7.11 Å². The number of hydrogen-bond acceptors (Lipinski definition) is 3. The van der Waals surface area contributed by atoms with Crippen molar-refractivity contribution in [3.8, 4) is 5.75 Å². The topological polar surface area (TPSA) is 63.2 Å². The molecule has 2 amide bonds. The van der Waals surface area contributed by atoms with Crippen LogP contribution in [0.5, 0.6) is 5.75 Å². The van der Waals surface area contributed by atoms with Gasteiger partial charge in [-0.2, -0.15) is 0 Å². The van der Waals surface area contributed by atoms with Crippen LogP contribution in [-0.2, 0) is 13.0 Å². The van der Waals surface area contributed by atoms with Gasteiger partial charge in [-0.15, -0.1) is 0 Å². The highest BCUT2D eigenvalue weighted by atomic mass is 16.5. The predicted octanol–water partition coefficient (Wildman–Crippen LogP) is 2.13. The first-order valence-electron chi connectivity index (χ1n) is 6.82. The minimum atomic E-state index is -0.186. The number of ether oxygens (including phenoxy) is 1. The Kier molecular flexibility index (Phi) is 5.58. The number of carbonyl (C=O) groups excluding carboxylic acids is 1. The van der Waals surface area contributed by atoms with Crippen molar-refractivity contribution in [2.45, 2.75) is 13.0 Å². The number of amides is 2. The Morgan fingerprint density at radius 1 is 1.19 bits per heavy atom. The number of nitrogens with zero attached hydrogens (tertiary/aromatic N) is 1. The van der Waals surface area contributed by atoms with Crippen molar-refractivity contribution in [1.82, 2.24) is 15.6 Å². The zero-order chi connectivity index (χ0) is 14.9. The molecule has 1 aromatic carbocycles. The fourth-order valence-corrected chi connectivity index (χ4v) is 1.88. The van der Waals surface area contributed by atoms with Gasteiger partial charge in [0.1, 0.15) is 5.75 Å². The molecule has 0 saturated heterocycles. The molecule has 0 fully saturated rings. The Labute approximate surface area is 124 Å². The molecule has 2 N–H and O–H groups in total. The van der Waals surface area contributed by atoms with Crippen molar-refractivity contribution in [2.75, 3.05) is 13.7 Å². The molecule has 1 aromatic heterocycles. The molecule has 0 aliphatic carbocycles. The van der Waals surface area contributed by atoms with E-state index in [1.807, 2.05) is 42.5 Å². The molecule has 0 atom stereocenters.